The summed E-state index contributed by atoms with van der Waals surface area (Å²) in [7, 11) is 0. The highest BCUT2D eigenvalue weighted by Gasteiger charge is 2.51. The maximum atomic E-state index is 12.4. The lowest BCUT2D eigenvalue weighted by molar-refractivity contribution is -0.119. The number of rotatable bonds is 5. The van der Waals surface area contributed by atoms with Crippen LogP contribution in [0.3, 0.4) is 0 Å². The SMILES string of the molecule is C[C@@H](SCc1ccco1)C(=O)NC(=O)NC12CC3CC(CC(C3)C1)C2. The van der Waals surface area contributed by atoms with Crippen molar-refractivity contribution in [2.24, 2.45) is 17.8 Å². The Morgan fingerprint density at radius 3 is 2.44 bits per heavy atom. The number of amides is 3. The molecule has 4 bridgehead atoms. The zero-order valence-electron chi connectivity index (χ0n) is 14.6. The van der Waals surface area contributed by atoms with Gasteiger partial charge in [0.2, 0.25) is 5.91 Å². The Morgan fingerprint density at radius 1 is 1.24 bits per heavy atom. The van der Waals surface area contributed by atoms with Crippen molar-refractivity contribution in [2.45, 2.75) is 62.0 Å². The van der Waals surface area contributed by atoms with Crippen LogP contribution in [0.1, 0.15) is 51.2 Å². The average Bonchev–Trinajstić information content (AvgIpc) is 3.03. The van der Waals surface area contributed by atoms with Crippen LogP contribution in [0.2, 0.25) is 0 Å². The van der Waals surface area contributed by atoms with Crippen LogP contribution in [-0.2, 0) is 10.5 Å². The van der Waals surface area contributed by atoms with E-state index >= 15 is 0 Å². The van der Waals surface area contributed by atoms with E-state index in [1.54, 1.807) is 6.26 Å². The molecule has 4 aliphatic carbocycles. The van der Waals surface area contributed by atoms with Gasteiger partial charge in [-0.1, -0.05) is 0 Å². The van der Waals surface area contributed by atoms with Gasteiger partial charge >= 0.3 is 6.03 Å². The first kappa shape index (κ1) is 17.0. The summed E-state index contributed by atoms with van der Waals surface area (Å²) in [6.07, 6.45) is 8.89. The van der Waals surface area contributed by atoms with Gasteiger partial charge < -0.3 is 9.73 Å². The van der Waals surface area contributed by atoms with E-state index in [1.165, 1.54) is 31.0 Å². The number of nitrogens with one attached hydrogen (secondary N) is 2. The molecule has 3 amide bonds. The topological polar surface area (TPSA) is 71.3 Å². The first-order valence-electron chi connectivity index (χ1n) is 9.28. The fraction of sp³-hybridized carbons (Fsp3) is 0.684. The molecule has 0 spiro atoms. The van der Waals surface area contributed by atoms with Gasteiger partial charge in [-0.15, -0.1) is 11.8 Å². The molecule has 0 aliphatic heterocycles. The predicted octanol–water partition coefficient (Wildman–Crippen LogP) is 3.70. The summed E-state index contributed by atoms with van der Waals surface area (Å²) >= 11 is 1.47. The van der Waals surface area contributed by atoms with E-state index in [-0.39, 0.29) is 22.7 Å². The summed E-state index contributed by atoms with van der Waals surface area (Å²) in [6.45, 7) is 1.82. The Hall–Kier alpha value is -1.43. The molecule has 4 fully saturated rings. The molecule has 0 aromatic carbocycles. The number of carbonyl (C=O) groups excluding carboxylic acids is 2. The maximum absolute atomic E-state index is 12.4. The second-order valence-corrected chi connectivity index (χ2v) is 9.50. The van der Waals surface area contributed by atoms with Crippen LogP contribution in [0, 0.1) is 17.8 Å². The molecule has 5 nitrogen and oxygen atoms in total. The largest absolute Gasteiger partial charge is 0.468 e. The molecule has 0 saturated heterocycles. The number of imide groups is 1. The Kier molecular flexibility index (Phi) is 4.56. The zero-order chi connectivity index (χ0) is 17.4. The third-order valence-corrected chi connectivity index (χ3v) is 7.24. The molecular weight excluding hydrogens is 336 g/mol. The van der Waals surface area contributed by atoms with Crippen molar-refractivity contribution in [3.05, 3.63) is 24.2 Å². The lowest BCUT2D eigenvalue weighted by Gasteiger charge is -2.56. The first-order valence-corrected chi connectivity index (χ1v) is 10.3. The number of urea groups is 1. The van der Waals surface area contributed by atoms with Gasteiger partial charge in [0, 0.05) is 5.54 Å². The highest BCUT2D eigenvalue weighted by Crippen LogP contribution is 2.55. The molecule has 1 heterocycles. The fourth-order valence-electron chi connectivity index (χ4n) is 5.43. The van der Waals surface area contributed by atoms with E-state index < -0.39 is 0 Å². The van der Waals surface area contributed by atoms with Gasteiger partial charge in [-0.05, 0) is 75.3 Å². The number of furan rings is 1. The van der Waals surface area contributed by atoms with Crippen LogP contribution >= 0.6 is 11.8 Å². The monoisotopic (exact) mass is 362 g/mol. The minimum absolute atomic E-state index is 0.0658. The van der Waals surface area contributed by atoms with Crippen molar-refractivity contribution in [1.82, 2.24) is 10.6 Å². The Bertz CT molecular complexity index is 608. The van der Waals surface area contributed by atoms with Crippen molar-refractivity contribution >= 4 is 23.7 Å². The zero-order valence-corrected chi connectivity index (χ0v) is 15.4. The lowest BCUT2D eigenvalue weighted by Crippen LogP contribution is -2.62. The smallest absolute Gasteiger partial charge is 0.321 e. The summed E-state index contributed by atoms with van der Waals surface area (Å²) in [5, 5.41) is 5.43. The Morgan fingerprint density at radius 2 is 1.88 bits per heavy atom. The van der Waals surface area contributed by atoms with Crippen LogP contribution < -0.4 is 10.6 Å². The lowest BCUT2D eigenvalue weighted by atomic mass is 9.53. The molecule has 5 rings (SSSR count). The van der Waals surface area contributed by atoms with Crippen LogP contribution in [0.15, 0.2) is 22.8 Å². The van der Waals surface area contributed by atoms with Gasteiger partial charge in [0.1, 0.15) is 5.76 Å². The summed E-state index contributed by atoms with van der Waals surface area (Å²) in [5.74, 6) is 3.53. The molecule has 25 heavy (non-hydrogen) atoms. The Balaban J connectivity index is 1.27. The van der Waals surface area contributed by atoms with Crippen molar-refractivity contribution in [2.75, 3.05) is 0 Å². The minimum atomic E-state index is -0.322. The van der Waals surface area contributed by atoms with Crippen molar-refractivity contribution < 1.29 is 14.0 Å². The highest BCUT2D eigenvalue weighted by molar-refractivity contribution is 7.99. The van der Waals surface area contributed by atoms with E-state index in [1.807, 2.05) is 19.1 Å². The molecule has 4 aliphatic rings. The van der Waals surface area contributed by atoms with E-state index in [0.717, 1.165) is 42.8 Å². The van der Waals surface area contributed by atoms with E-state index in [0.29, 0.717) is 5.75 Å². The average molecular weight is 362 g/mol. The number of thioether (sulfide) groups is 1. The quantitative estimate of drug-likeness (QED) is 0.838. The summed E-state index contributed by atoms with van der Waals surface area (Å²) in [6, 6.07) is 3.40. The molecule has 0 radical (unpaired) electrons. The molecule has 1 aromatic rings. The van der Waals surface area contributed by atoms with Gasteiger partial charge in [-0.25, -0.2) is 4.79 Å². The van der Waals surface area contributed by atoms with Crippen LogP contribution in [0.5, 0.6) is 0 Å². The first-order chi connectivity index (χ1) is 12.0. The third-order valence-electron chi connectivity index (χ3n) is 6.08. The van der Waals surface area contributed by atoms with Crippen molar-refractivity contribution in [1.29, 1.82) is 0 Å². The van der Waals surface area contributed by atoms with Crippen LogP contribution in [0.4, 0.5) is 4.79 Å². The molecule has 136 valence electrons. The standard InChI is InChI=1S/C19H26N2O3S/c1-12(25-11-16-3-2-4-24-16)17(22)20-18(23)21-19-8-13-5-14(9-19)7-15(6-13)10-19/h2-4,12-15H,5-11H2,1H3,(H2,20,21,22,23)/t12-,13?,14?,15?,19?/m1/s1. The van der Waals surface area contributed by atoms with E-state index in [4.69, 9.17) is 4.42 Å². The summed E-state index contributed by atoms with van der Waals surface area (Å²) in [4.78, 5) is 24.7. The second-order valence-electron chi connectivity index (χ2n) is 8.17. The normalized spacial score (nSPS) is 33.9. The highest BCUT2D eigenvalue weighted by atomic mass is 32.2. The molecular formula is C19H26N2O3S. The van der Waals surface area contributed by atoms with Gasteiger partial charge in [-0.2, -0.15) is 0 Å². The van der Waals surface area contributed by atoms with Gasteiger partial charge in [-0.3, -0.25) is 10.1 Å². The molecule has 2 N–H and O–H groups in total. The number of carbonyl (C=O) groups is 2. The van der Waals surface area contributed by atoms with Crippen LogP contribution in [-0.4, -0.2) is 22.7 Å². The third kappa shape index (κ3) is 3.73. The van der Waals surface area contributed by atoms with Gasteiger partial charge in [0.25, 0.3) is 0 Å². The maximum Gasteiger partial charge on any atom is 0.321 e. The summed E-state index contributed by atoms with van der Waals surface area (Å²) < 4.78 is 5.27. The fourth-order valence-corrected chi connectivity index (χ4v) is 6.22. The predicted molar refractivity (Wildman–Crippen MR) is 97.0 cm³/mol. The molecule has 1 aromatic heterocycles. The Labute approximate surface area is 152 Å². The molecule has 0 unspecified atom stereocenters. The molecule has 1 atom stereocenters. The minimum Gasteiger partial charge on any atom is -0.468 e. The van der Waals surface area contributed by atoms with Crippen molar-refractivity contribution in [3.63, 3.8) is 0 Å². The molecule has 6 heteroatoms. The second kappa shape index (κ2) is 6.71. The van der Waals surface area contributed by atoms with Gasteiger partial charge in [0.15, 0.2) is 0 Å². The molecule has 4 saturated carbocycles. The van der Waals surface area contributed by atoms with Crippen molar-refractivity contribution in [3.8, 4) is 0 Å². The van der Waals surface area contributed by atoms with E-state index in [9.17, 15) is 9.59 Å². The van der Waals surface area contributed by atoms with Gasteiger partial charge in [0.05, 0.1) is 17.3 Å². The summed E-state index contributed by atoms with van der Waals surface area (Å²) in [5.41, 5.74) is -0.0658. The number of hydrogen-bond donors (Lipinski definition) is 2. The van der Waals surface area contributed by atoms with E-state index in [2.05, 4.69) is 10.6 Å². The number of hydrogen-bond acceptors (Lipinski definition) is 4. The van der Waals surface area contributed by atoms with Crippen LogP contribution in [0.25, 0.3) is 0 Å².